The maximum absolute atomic E-state index is 10.4. The Morgan fingerprint density at radius 2 is 1.18 bits per heavy atom. The molecule has 230 valence electrons. The molecule has 0 saturated heterocycles. The van der Waals surface area contributed by atoms with Gasteiger partial charge in [0.05, 0.1) is 17.3 Å². The van der Waals surface area contributed by atoms with Crippen molar-refractivity contribution in [2.45, 2.75) is 0 Å². The maximum atomic E-state index is 10.4. The van der Waals surface area contributed by atoms with Gasteiger partial charge in [-0.3, -0.25) is 16.8 Å². The second-order valence-electron chi connectivity index (χ2n) is 5.50. The van der Waals surface area contributed by atoms with E-state index in [2.05, 4.69) is 58.9 Å². The van der Waals surface area contributed by atoms with Gasteiger partial charge in [-0.15, -0.1) is 43.4 Å². The molecule has 0 aliphatic rings. The molecule has 0 fully saturated rings. The van der Waals surface area contributed by atoms with E-state index in [1.165, 1.54) is 0 Å². The van der Waals surface area contributed by atoms with Crippen LogP contribution in [0.15, 0.2) is 34.0 Å². The molecule has 0 rings (SSSR count). The smallest absolute Gasteiger partial charge is 0.127 e. The van der Waals surface area contributed by atoms with Crippen molar-refractivity contribution in [2.24, 2.45) is 0 Å². The molecule has 0 saturated carbocycles. The zero-order chi connectivity index (χ0) is 31.2. The molecule has 0 aromatic heterocycles. The van der Waals surface area contributed by atoms with Crippen molar-refractivity contribution in [3.05, 3.63) is 34.0 Å². The summed E-state index contributed by atoms with van der Waals surface area (Å²) in [4.78, 5) is 1.72. The number of terminal acetylenes is 3. The quantitative estimate of drug-likeness (QED) is 0.198. The Balaban J connectivity index is -0.0000000633. The molecule has 0 radical (unpaired) electrons. The van der Waals surface area contributed by atoms with Crippen LogP contribution >= 0.6 is 76.0 Å². The first-order valence-electron chi connectivity index (χ1n) is 9.65. The molecule has 0 N–H and O–H groups in total. The maximum Gasteiger partial charge on any atom is 0.127 e. The SMILES string of the molecule is C#CCS.C#CCS(=O)Cl.C#CCS(C)=O.CS(=O)C/C=C/Br.CS(=O)C/C=C/S.CS/C=C/CS(C)=O.Cl. The number of rotatable bonds is 9. The van der Waals surface area contributed by atoms with Crippen LogP contribution in [0.4, 0.5) is 0 Å². The molecule has 0 aliphatic heterocycles. The van der Waals surface area contributed by atoms with Crippen molar-refractivity contribution < 1.29 is 21.0 Å². The van der Waals surface area contributed by atoms with E-state index in [9.17, 15) is 21.0 Å². The van der Waals surface area contributed by atoms with Gasteiger partial charge in [-0.2, -0.15) is 25.3 Å². The molecule has 39 heavy (non-hydrogen) atoms. The summed E-state index contributed by atoms with van der Waals surface area (Å²) in [6.07, 6.45) is 28.3. The van der Waals surface area contributed by atoms with Crippen LogP contribution in [0.25, 0.3) is 0 Å². The van der Waals surface area contributed by atoms with E-state index >= 15 is 0 Å². The van der Waals surface area contributed by atoms with Crippen molar-refractivity contribution in [3.63, 3.8) is 0 Å². The van der Waals surface area contributed by atoms with Gasteiger partial charge >= 0.3 is 0 Å². The highest BCUT2D eigenvalue weighted by atomic mass is 79.9. The lowest BCUT2D eigenvalue weighted by Gasteiger charge is -1.82. The van der Waals surface area contributed by atoms with Crippen LogP contribution in [0.5, 0.6) is 0 Å². The first-order chi connectivity index (χ1) is 17.8. The minimum Gasteiger partial charge on any atom is -0.260 e. The average molecular weight is 803 g/mol. The second-order valence-corrected chi connectivity index (χ2v) is 15.2. The molecule has 0 amide bonds. The fraction of sp³-hybridized carbons (Fsp3) is 0.478. The summed E-state index contributed by atoms with van der Waals surface area (Å²) in [5, 5.41) is 3.54. The number of hydrogen-bond donors (Lipinski definition) is 2. The third kappa shape index (κ3) is 122. The van der Waals surface area contributed by atoms with E-state index in [-0.39, 0.29) is 18.2 Å². The van der Waals surface area contributed by atoms with Gasteiger partial charge in [0.25, 0.3) is 0 Å². The number of thioether (sulfide) groups is 1. The number of halogens is 3. The Morgan fingerprint density at radius 1 is 0.795 bits per heavy atom. The highest BCUT2D eigenvalue weighted by molar-refractivity contribution is 9.11. The van der Waals surface area contributed by atoms with Crippen LogP contribution in [-0.4, -0.2) is 86.8 Å². The normalized spacial score (nSPS) is 12.9. The lowest BCUT2D eigenvalue weighted by molar-refractivity contribution is 0.687. The fourth-order valence-corrected chi connectivity index (χ4v) is 3.55. The van der Waals surface area contributed by atoms with Gasteiger partial charge < -0.3 is 0 Å². The first-order valence-corrected chi connectivity index (χ1v) is 22.1. The lowest BCUT2D eigenvalue weighted by atomic mass is 10.8. The van der Waals surface area contributed by atoms with Crippen LogP contribution in [0, 0.1) is 37.0 Å². The van der Waals surface area contributed by atoms with Gasteiger partial charge in [-0.05, 0) is 32.7 Å². The van der Waals surface area contributed by atoms with Crippen LogP contribution < -0.4 is 0 Å². The topological polar surface area (TPSA) is 85.3 Å². The Bertz CT molecular complexity index is 812. The molecule has 0 aliphatic carbocycles. The van der Waals surface area contributed by atoms with Gasteiger partial charge in [0.1, 0.15) is 10.0 Å². The second kappa shape index (κ2) is 54.8. The molecular formula is C23H39BrCl2O5S8. The van der Waals surface area contributed by atoms with Crippen LogP contribution in [-0.2, 0) is 53.2 Å². The molecule has 0 aromatic carbocycles. The zero-order valence-electron chi connectivity index (χ0n) is 22.5. The Labute approximate surface area is 284 Å². The fourth-order valence-electron chi connectivity index (χ4n) is 0.804. The minimum atomic E-state index is -1.33. The van der Waals surface area contributed by atoms with E-state index in [0.29, 0.717) is 28.8 Å². The summed E-state index contributed by atoms with van der Waals surface area (Å²) in [6, 6.07) is 0. The van der Waals surface area contributed by atoms with E-state index in [1.54, 1.807) is 53.3 Å². The van der Waals surface area contributed by atoms with E-state index < -0.39 is 53.2 Å². The van der Waals surface area contributed by atoms with Crippen molar-refractivity contribution in [1.82, 2.24) is 0 Å². The van der Waals surface area contributed by atoms with E-state index in [1.807, 2.05) is 23.8 Å². The van der Waals surface area contributed by atoms with Gasteiger partial charge in [0, 0.05) is 85.5 Å². The Morgan fingerprint density at radius 3 is 1.31 bits per heavy atom. The predicted molar refractivity (Wildman–Crippen MR) is 201 cm³/mol. The molecule has 5 unspecified atom stereocenters. The molecule has 16 heteroatoms. The third-order valence-corrected chi connectivity index (χ3v) is 6.51. The highest BCUT2D eigenvalue weighted by Crippen LogP contribution is 1.92. The Kier molecular flexibility index (Phi) is 78.2. The lowest BCUT2D eigenvalue weighted by Crippen LogP contribution is -1.86. The number of thiol groups is 2. The summed E-state index contributed by atoms with van der Waals surface area (Å²) in [5.41, 5.74) is 0. The Hall–Kier alpha value is 0.760. The largest absolute Gasteiger partial charge is 0.260 e. The van der Waals surface area contributed by atoms with Gasteiger partial charge in [-0.25, -0.2) is 4.21 Å². The molecule has 5 atom stereocenters. The minimum absolute atomic E-state index is 0. The molecular weight excluding hydrogens is 764 g/mol. The monoisotopic (exact) mass is 800 g/mol. The van der Waals surface area contributed by atoms with Gasteiger partial charge in [0.2, 0.25) is 0 Å². The van der Waals surface area contributed by atoms with Crippen LogP contribution in [0.3, 0.4) is 0 Å². The van der Waals surface area contributed by atoms with Crippen molar-refractivity contribution in [2.75, 3.05) is 65.8 Å². The van der Waals surface area contributed by atoms with Gasteiger partial charge in [-0.1, -0.05) is 51.9 Å². The third-order valence-electron chi connectivity index (χ3n) is 1.99. The molecule has 0 aromatic rings. The zero-order valence-corrected chi connectivity index (χ0v) is 32.3. The molecule has 0 bridgehead atoms. The molecule has 5 nitrogen and oxygen atoms in total. The van der Waals surface area contributed by atoms with Gasteiger partial charge in [0.15, 0.2) is 0 Å². The summed E-state index contributed by atoms with van der Waals surface area (Å²) in [5.74, 6) is 9.69. The standard InChI is InChI=1S/C5H10OS2.C4H7BrOS.C4H8OS2.C4H6OS.C3H3ClOS.C3H4S.ClH/c1-7-4-3-5-8(2)6;1-7(6)4-2-3-5;1-7(5)4-2-3-6;1-3-4-6(2)5;1-2-3-6(4)5;1-2-3-4;/h3-4H,5H2,1-2H3;2-3H,4H2,1H3;2-3,6H,4H2,1H3;1H,4H2,2H3;1H,3H2;1,4H,3H2;1H/b4-3+;2*3-2+;;;;. The number of hydrogen-bond acceptors (Lipinski definition) is 8. The van der Waals surface area contributed by atoms with E-state index in [4.69, 9.17) is 30.0 Å². The first kappa shape index (κ1) is 55.7. The predicted octanol–water partition coefficient (Wildman–Crippen LogP) is 4.81. The molecule has 0 spiro atoms. The van der Waals surface area contributed by atoms with Crippen molar-refractivity contribution in [1.29, 1.82) is 0 Å². The highest BCUT2D eigenvalue weighted by Gasteiger charge is 1.82. The van der Waals surface area contributed by atoms with Crippen LogP contribution in [0.1, 0.15) is 0 Å². The summed E-state index contributed by atoms with van der Waals surface area (Å²) < 4.78 is 50.6. The summed E-state index contributed by atoms with van der Waals surface area (Å²) >= 11 is 12.2. The van der Waals surface area contributed by atoms with Crippen molar-refractivity contribution in [3.8, 4) is 37.0 Å². The van der Waals surface area contributed by atoms with E-state index in [0.717, 1.165) is 0 Å². The summed E-state index contributed by atoms with van der Waals surface area (Å²) in [7, 11) is 0.726. The van der Waals surface area contributed by atoms with Crippen molar-refractivity contribution >= 4 is 129 Å². The summed E-state index contributed by atoms with van der Waals surface area (Å²) in [6.45, 7) is 0. The van der Waals surface area contributed by atoms with Crippen LogP contribution in [0.2, 0.25) is 0 Å². The molecule has 0 heterocycles. The average Bonchev–Trinajstić information content (AvgIpc) is 2.83.